The van der Waals surface area contributed by atoms with E-state index in [0.717, 1.165) is 50.2 Å². The quantitative estimate of drug-likeness (QED) is 0.887. The number of H-pyrrole nitrogens is 1. The van der Waals surface area contributed by atoms with Gasteiger partial charge in [-0.15, -0.1) is 0 Å². The molecule has 4 rings (SSSR count). The summed E-state index contributed by atoms with van der Waals surface area (Å²) in [5, 5.41) is 4.58. The number of aromatic amines is 1. The Morgan fingerprint density at radius 1 is 1.13 bits per heavy atom. The number of para-hydroxylation sites is 1. The minimum Gasteiger partial charge on any atom is -0.351 e. The number of carbonyl (C=O) groups excluding carboxylic acids is 1. The average molecular weight is 312 g/mol. The van der Waals surface area contributed by atoms with E-state index in [1.807, 2.05) is 35.2 Å². The number of nitrogens with zero attached hydrogens (tertiary/aromatic N) is 2. The predicted molar refractivity (Wildman–Crippen MR) is 91.7 cm³/mol. The van der Waals surface area contributed by atoms with E-state index < -0.39 is 0 Å². The van der Waals surface area contributed by atoms with Gasteiger partial charge in [0.1, 0.15) is 5.69 Å². The van der Waals surface area contributed by atoms with Crippen LogP contribution in [0.15, 0.2) is 30.3 Å². The van der Waals surface area contributed by atoms with Gasteiger partial charge in [-0.2, -0.15) is 0 Å². The Morgan fingerprint density at radius 3 is 2.70 bits per heavy atom. The highest BCUT2D eigenvalue weighted by atomic mass is 16.2. The van der Waals surface area contributed by atoms with E-state index in [4.69, 9.17) is 0 Å². The van der Waals surface area contributed by atoms with Gasteiger partial charge in [0.2, 0.25) is 0 Å². The monoisotopic (exact) mass is 312 g/mol. The van der Waals surface area contributed by atoms with Crippen molar-refractivity contribution in [3.8, 4) is 0 Å². The van der Waals surface area contributed by atoms with Crippen LogP contribution in [0, 0.1) is 0 Å². The molecule has 2 aromatic rings. The van der Waals surface area contributed by atoms with Crippen molar-refractivity contribution < 1.29 is 4.79 Å². The van der Waals surface area contributed by atoms with Crippen LogP contribution in [-0.4, -0.2) is 66.0 Å². The third kappa shape index (κ3) is 2.99. The third-order valence-corrected chi connectivity index (χ3v) is 5.15. The van der Waals surface area contributed by atoms with E-state index in [1.165, 1.54) is 12.8 Å². The molecule has 2 fully saturated rings. The van der Waals surface area contributed by atoms with E-state index in [0.29, 0.717) is 11.7 Å². The average Bonchev–Trinajstić information content (AvgIpc) is 3.06. The molecule has 2 aliphatic heterocycles. The van der Waals surface area contributed by atoms with E-state index in [-0.39, 0.29) is 5.91 Å². The highest BCUT2D eigenvalue weighted by Crippen LogP contribution is 2.18. The van der Waals surface area contributed by atoms with E-state index in [2.05, 4.69) is 15.2 Å². The molecule has 2 N–H and O–H groups in total. The van der Waals surface area contributed by atoms with Crippen LogP contribution in [0.2, 0.25) is 0 Å². The van der Waals surface area contributed by atoms with Gasteiger partial charge in [-0.05, 0) is 31.5 Å². The summed E-state index contributed by atoms with van der Waals surface area (Å²) >= 11 is 0. The Morgan fingerprint density at radius 2 is 1.96 bits per heavy atom. The Balaban J connectivity index is 1.40. The molecule has 5 heteroatoms. The molecule has 0 radical (unpaired) electrons. The van der Waals surface area contributed by atoms with Gasteiger partial charge >= 0.3 is 0 Å². The second-order valence-corrected chi connectivity index (χ2v) is 6.60. The number of piperazine rings is 1. The summed E-state index contributed by atoms with van der Waals surface area (Å²) in [5.41, 5.74) is 1.74. The summed E-state index contributed by atoms with van der Waals surface area (Å²) in [6.07, 6.45) is 2.54. The maximum atomic E-state index is 12.7. The maximum absolute atomic E-state index is 12.7. The van der Waals surface area contributed by atoms with Crippen LogP contribution in [-0.2, 0) is 0 Å². The molecule has 2 aliphatic rings. The molecule has 122 valence electrons. The summed E-state index contributed by atoms with van der Waals surface area (Å²) in [5.74, 6) is 0.127. The lowest BCUT2D eigenvalue weighted by Crippen LogP contribution is -2.55. The lowest BCUT2D eigenvalue weighted by Gasteiger charge is -2.40. The van der Waals surface area contributed by atoms with Gasteiger partial charge in [0.05, 0.1) is 0 Å². The van der Waals surface area contributed by atoms with Crippen LogP contribution in [0.25, 0.3) is 10.9 Å². The lowest BCUT2D eigenvalue weighted by atomic mass is 10.0. The van der Waals surface area contributed by atoms with Crippen molar-refractivity contribution in [2.75, 3.05) is 39.3 Å². The molecule has 0 spiro atoms. The second kappa shape index (κ2) is 6.34. The zero-order valence-electron chi connectivity index (χ0n) is 13.4. The van der Waals surface area contributed by atoms with E-state index in [9.17, 15) is 4.79 Å². The second-order valence-electron chi connectivity index (χ2n) is 6.60. The molecule has 0 bridgehead atoms. The molecule has 1 amide bonds. The Labute approximate surface area is 136 Å². The zero-order valence-corrected chi connectivity index (χ0v) is 13.4. The van der Waals surface area contributed by atoms with Crippen molar-refractivity contribution in [2.24, 2.45) is 0 Å². The van der Waals surface area contributed by atoms with Crippen LogP contribution in [0.1, 0.15) is 23.3 Å². The van der Waals surface area contributed by atoms with Crippen LogP contribution < -0.4 is 5.32 Å². The molecule has 1 aromatic heterocycles. The van der Waals surface area contributed by atoms with Crippen LogP contribution in [0.3, 0.4) is 0 Å². The highest BCUT2D eigenvalue weighted by Gasteiger charge is 2.27. The number of benzene rings is 1. The fraction of sp³-hybridized carbons (Fsp3) is 0.500. The standard InChI is InChI=1S/C18H24N4O/c23-18(17-12-14-4-1-2-6-16(14)20-17)22-10-8-21(9-11-22)15-5-3-7-19-13-15/h1-2,4,6,12,15,19-20H,3,5,7-11,13H2. The van der Waals surface area contributed by atoms with Gasteiger partial charge < -0.3 is 15.2 Å². The smallest absolute Gasteiger partial charge is 0.270 e. The SMILES string of the molecule is O=C(c1cc2ccccc2[nH]1)N1CCN(C2CCCNC2)CC1. The van der Waals surface area contributed by atoms with Gasteiger partial charge in [0.25, 0.3) is 5.91 Å². The van der Waals surface area contributed by atoms with Crippen molar-refractivity contribution in [2.45, 2.75) is 18.9 Å². The Kier molecular flexibility index (Phi) is 4.06. The number of hydrogen-bond donors (Lipinski definition) is 2. The zero-order chi connectivity index (χ0) is 15.6. The van der Waals surface area contributed by atoms with Crippen LogP contribution >= 0.6 is 0 Å². The maximum Gasteiger partial charge on any atom is 0.270 e. The first-order chi connectivity index (χ1) is 11.3. The summed E-state index contributed by atoms with van der Waals surface area (Å²) < 4.78 is 0. The van der Waals surface area contributed by atoms with Gasteiger partial charge in [0.15, 0.2) is 0 Å². The lowest BCUT2D eigenvalue weighted by molar-refractivity contribution is 0.0536. The van der Waals surface area contributed by atoms with Gasteiger partial charge in [-0.3, -0.25) is 9.69 Å². The Bertz CT molecular complexity index is 648. The fourth-order valence-electron chi connectivity index (χ4n) is 3.79. The number of hydrogen-bond acceptors (Lipinski definition) is 3. The first-order valence-corrected chi connectivity index (χ1v) is 8.63. The largest absolute Gasteiger partial charge is 0.351 e. The predicted octanol–water partition coefficient (Wildman–Crippen LogP) is 1.68. The molecule has 1 unspecified atom stereocenters. The van der Waals surface area contributed by atoms with Crippen molar-refractivity contribution >= 4 is 16.8 Å². The number of fused-ring (bicyclic) bond motifs is 1. The minimum absolute atomic E-state index is 0.127. The molecule has 1 aromatic carbocycles. The number of rotatable bonds is 2. The number of amides is 1. The van der Waals surface area contributed by atoms with Gasteiger partial charge in [0, 0.05) is 49.7 Å². The molecular formula is C18H24N4O. The first-order valence-electron chi connectivity index (χ1n) is 8.63. The molecule has 0 aliphatic carbocycles. The summed E-state index contributed by atoms with van der Waals surface area (Å²) in [6, 6.07) is 10.7. The summed E-state index contributed by atoms with van der Waals surface area (Å²) in [4.78, 5) is 20.5. The van der Waals surface area contributed by atoms with E-state index in [1.54, 1.807) is 0 Å². The molecule has 3 heterocycles. The normalized spacial score (nSPS) is 23.3. The summed E-state index contributed by atoms with van der Waals surface area (Å²) in [7, 11) is 0. The van der Waals surface area contributed by atoms with Crippen LogP contribution in [0.5, 0.6) is 0 Å². The Hall–Kier alpha value is -1.85. The molecule has 1 atom stereocenters. The van der Waals surface area contributed by atoms with Gasteiger partial charge in [-0.25, -0.2) is 0 Å². The van der Waals surface area contributed by atoms with Crippen molar-refractivity contribution in [3.63, 3.8) is 0 Å². The molecule has 5 nitrogen and oxygen atoms in total. The molecular weight excluding hydrogens is 288 g/mol. The fourth-order valence-corrected chi connectivity index (χ4v) is 3.79. The minimum atomic E-state index is 0.127. The molecule has 23 heavy (non-hydrogen) atoms. The number of piperidine rings is 1. The molecule has 0 saturated carbocycles. The molecule has 2 saturated heterocycles. The van der Waals surface area contributed by atoms with Gasteiger partial charge in [-0.1, -0.05) is 18.2 Å². The topological polar surface area (TPSA) is 51.4 Å². The van der Waals surface area contributed by atoms with Crippen molar-refractivity contribution in [1.29, 1.82) is 0 Å². The van der Waals surface area contributed by atoms with Crippen LogP contribution in [0.4, 0.5) is 0 Å². The van der Waals surface area contributed by atoms with Crippen molar-refractivity contribution in [3.05, 3.63) is 36.0 Å². The van der Waals surface area contributed by atoms with E-state index >= 15 is 0 Å². The first kappa shape index (κ1) is 14.7. The number of aromatic nitrogens is 1. The third-order valence-electron chi connectivity index (χ3n) is 5.15. The number of carbonyl (C=O) groups is 1. The van der Waals surface area contributed by atoms with Crippen molar-refractivity contribution in [1.82, 2.24) is 20.1 Å². The summed E-state index contributed by atoms with van der Waals surface area (Å²) in [6.45, 7) is 5.86. The highest BCUT2D eigenvalue weighted by molar-refractivity contribution is 5.98. The number of nitrogens with one attached hydrogen (secondary N) is 2.